The molecule has 0 spiro atoms. The zero-order chi connectivity index (χ0) is 16.2. The third kappa shape index (κ3) is 3.19. The first-order chi connectivity index (χ1) is 11.2. The molecule has 1 aromatic heterocycles. The molecule has 3 aromatic rings. The third-order valence-electron chi connectivity index (χ3n) is 3.39. The van der Waals surface area contributed by atoms with Crippen molar-refractivity contribution in [2.24, 2.45) is 0 Å². The van der Waals surface area contributed by atoms with E-state index in [4.69, 9.17) is 10.00 Å². The van der Waals surface area contributed by atoms with E-state index < -0.39 is 5.82 Å². The fourth-order valence-electron chi connectivity index (χ4n) is 2.26. The Hall–Kier alpha value is -3.20. The molecule has 0 aliphatic rings. The van der Waals surface area contributed by atoms with Crippen molar-refractivity contribution in [1.29, 1.82) is 5.26 Å². The third-order valence-corrected chi connectivity index (χ3v) is 3.39. The minimum atomic E-state index is -0.414. The van der Waals surface area contributed by atoms with Gasteiger partial charge in [0.05, 0.1) is 31.5 Å². The fourth-order valence-corrected chi connectivity index (χ4v) is 2.26. The van der Waals surface area contributed by atoms with Crippen LogP contribution in [0.2, 0.25) is 0 Å². The Balaban J connectivity index is 1.84. The lowest BCUT2D eigenvalue weighted by Gasteiger charge is -2.03. The molecule has 1 heterocycles. The molecule has 0 unspecified atom stereocenters. The minimum Gasteiger partial charge on any atom is -0.497 e. The molecule has 114 valence electrons. The summed E-state index contributed by atoms with van der Waals surface area (Å²) in [5.74, 6) is 0.0369. The van der Waals surface area contributed by atoms with Crippen molar-refractivity contribution >= 4 is 0 Å². The van der Waals surface area contributed by atoms with Crippen LogP contribution < -0.4 is 4.74 Å². The lowest BCUT2D eigenvalue weighted by atomic mass is 10.1. The second-order valence-electron chi connectivity index (χ2n) is 4.96. The summed E-state index contributed by atoms with van der Waals surface area (Å²) in [6.45, 7) is 0.459. The summed E-state index contributed by atoms with van der Waals surface area (Å²) in [5, 5.41) is 16.9. The van der Waals surface area contributed by atoms with Crippen LogP contribution >= 0.6 is 0 Å². The molecule has 6 heteroatoms. The van der Waals surface area contributed by atoms with Crippen molar-refractivity contribution in [2.45, 2.75) is 6.54 Å². The van der Waals surface area contributed by atoms with Crippen molar-refractivity contribution in [2.75, 3.05) is 7.11 Å². The average Bonchev–Trinajstić information content (AvgIpc) is 3.03. The zero-order valence-electron chi connectivity index (χ0n) is 12.4. The first-order valence-corrected chi connectivity index (χ1v) is 6.92. The van der Waals surface area contributed by atoms with Gasteiger partial charge in [0.1, 0.15) is 17.3 Å². The molecule has 0 N–H and O–H groups in total. The van der Waals surface area contributed by atoms with Crippen LogP contribution in [-0.2, 0) is 6.54 Å². The highest BCUT2D eigenvalue weighted by atomic mass is 19.1. The van der Waals surface area contributed by atoms with Gasteiger partial charge in [0.25, 0.3) is 0 Å². The number of aromatic nitrogens is 3. The maximum atomic E-state index is 14.1. The molecule has 3 rings (SSSR count). The van der Waals surface area contributed by atoms with Crippen molar-refractivity contribution in [1.82, 2.24) is 15.0 Å². The summed E-state index contributed by atoms with van der Waals surface area (Å²) in [7, 11) is 1.49. The maximum Gasteiger partial charge on any atom is 0.136 e. The van der Waals surface area contributed by atoms with Gasteiger partial charge in [-0.2, -0.15) is 5.26 Å². The summed E-state index contributed by atoms with van der Waals surface area (Å²) in [6.07, 6.45) is 1.67. The van der Waals surface area contributed by atoms with Crippen LogP contribution in [0.5, 0.6) is 5.75 Å². The highest BCUT2D eigenvalue weighted by molar-refractivity contribution is 5.59. The lowest BCUT2D eigenvalue weighted by Crippen LogP contribution is -2.00. The Morgan fingerprint density at radius 1 is 1.26 bits per heavy atom. The van der Waals surface area contributed by atoms with Crippen LogP contribution in [0, 0.1) is 17.1 Å². The molecule has 0 radical (unpaired) electrons. The van der Waals surface area contributed by atoms with E-state index in [2.05, 4.69) is 16.4 Å². The lowest BCUT2D eigenvalue weighted by molar-refractivity contribution is 0.411. The Morgan fingerprint density at radius 3 is 2.87 bits per heavy atom. The van der Waals surface area contributed by atoms with Gasteiger partial charge < -0.3 is 4.74 Å². The second kappa shape index (κ2) is 6.28. The van der Waals surface area contributed by atoms with E-state index in [-0.39, 0.29) is 0 Å². The molecule has 5 nitrogen and oxygen atoms in total. The maximum absolute atomic E-state index is 14.1. The van der Waals surface area contributed by atoms with Crippen molar-refractivity contribution in [3.05, 3.63) is 65.6 Å². The molecule has 0 amide bonds. The number of nitriles is 1. The van der Waals surface area contributed by atoms with Gasteiger partial charge in [0.15, 0.2) is 0 Å². The summed E-state index contributed by atoms with van der Waals surface area (Å²) in [5.41, 5.74) is 2.32. The SMILES string of the molecule is COc1ccc(-c2cn(Cc3cccc(C#N)c3)nn2)c(F)c1. The first-order valence-electron chi connectivity index (χ1n) is 6.92. The van der Waals surface area contributed by atoms with Crippen molar-refractivity contribution in [3.63, 3.8) is 0 Å². The van der Waals surface area contributed by atoms with Gasteiger partial charge in [0.2, 0.25) is 0 Å². The molecule has 0 aliphatic carbocycles. The molecule has 0 bridgehead atoms. The smallest absolute Gasteiger partial charge is 0.136 e. The van der Waals surface area contributed by atoms with Gasteiger partial charge in [0, 0.05) is 11.6 Å². The van der Waals surface area contributed by atoms with E-state index in [0.29, 0.717) is 29.1 Å². The van der Waals surface area contributed by atoms with Gasteiger partial charge in [-0.05, 0) is 29.8 Å². The summed E-state index contributed by atoms with van der Waals surface area (Å²) in [4.78, 5) is 0. The van der Waals surface area contributed by atoms with Crippen LogP contribution in [0.15, 0.2) is 48.7 Å². The van der Waals surface area contributed by atoms with E-state index >= 15 is 0 Å². The normalized spacial score (nSPS) is 10.3. The molecule has 0 aliphatic heterocycles. The monoisotopic (exact) mass is 308 g/mol. The van der Waals surface area contributed by atoms with Gasteiger partial charge in [-0.25, -0.2) is 9.07 Å². The molecule has 0 saturated heterocycles. The van der Waals surface area contributed by atoms with Gasteiger partial charge in [-0.3, -0.25) is 0 Å². The van der Waals surface area contributed by atoms with E-state index in [1.54, 1.807) is 35.1 Å². The molecule has 0 saturated carbocycles. The molecule has 0 fully saturated rings. The van der Waals surface area contributed by atoms with Crippen molar-refractivity contribution in [3.8, 4) is 23.1 Å². The highest BCUT2D eigenvalue weighted by Crippen LogP contribution is 2.24. The first kappa shape index (κ1) is 14.7. The Kier molecular flexibility index (Phi) is 4.02. The highest BCUT2D eigenvalue weighted by Gasteiger charge is 2.11. The number of hydrogen-bond acceptors (Lipinski definition) is 4. The number of benzene rings is 2. The molecule has 0 atom stereocenters. The predicted octanol–water partition coefficient (Wildman–Crippen LogP) is 3.01. The van der Waals surface area contributed by atoms with E-state index in [1.165, 1.54) is 13.2 Å². The quantitative estimate of drug-likeness (QED) is 0.743. The van der Waals surface area contributed by atoms with Crippen LogP contribution in [0.25, 0.3) is 11.3 Å². The Morgan fingerprint density at radius 2 is 2.13 bits per heavy atom. The van der Waals surface area contributed by atoms with Crippen molar-refractivity contribution < 1.29 is 9.13 Å². The van der Waals surface area contributed by atoms with Gasteiger partial charge in [-0.1, -0.05) is 17.3 Å². The number of methoxy groups -OCH3 is 1. The standard InChI is InChI=1S/C17H13FN4O/c1-23-14-5-6-15(16(18)8-14)17-11-22(21-20-17)10-13-4-2-3-12(7-13)9-19/h2-8,11H,10H2,1H3. The van der Waals surface area contributed by atoms with E-state index in [9.17, 15) is 4.39 Å². The number of halogens is 1. The number of rotatable bonds is 4. The molecular weight excluding hydrogens is 295 g/mol. The van der Waals surface area contributed by atoms with Gasteiger partial charge >= 0.3 is 0 Å². The van der Waals surface area contributed by atoms with Gasteiger partial charge in [-0.15, -0.1) is 5.10 Å². The molecule has 23 heavy (non-hydrogen) atoms. The van der Waals surface area contributed by atoms with E-state index in [0.717, 1.165) is 5.56 Å². The number of hydrogen-bond donors (Lipinski definition) is 0. The van der Waals surface area contributed by atoms with Crippen LogP contribution in [0.3, 0.4) is 0 Å². The summed E-state index contributed by atoms with van der Waals surface area (Å²) in [6, 6.07) is 13.9. The average molecular weight is 308 g/mol. The molecular formula is C17H13FN4O. The topological polar surface area (TPSA) is 63.7 Å². The minimum absolute atomic E-state index is 0.364. The number of nitrogens with zero attached hydrogens (tertiary/aromatic N) is 4. The predicted molar refractivity (Wildman–Crippen MR) is 82.2 cm³/mol. The second-order valence-corrected chi connectivity index (χ2v) is 4.96. The Labute approximate surface area is 132 Å². The van der Waals surface area contributed by atoms with E-state index in [1.807, 2.05) is 12.1 Å². The van der Waals surface area contributed by atoms with Crippen LogP contribution in [0.1, 0.15) is 11.1 Å². The zero-order valence-corrected chi connectivity index (χ0v) is 12.4. The number of ether oxygens (including phenoxy) is 1. The molecule has 2 aromatic carbocycles. The fraction of sp³-hybridized carbons (Fsp3) is 0.118. The van der Waals surface area contributed by atoms with Crippen LogP contribution in [-0.4, -0.2) is 22.1 Å². The largest absolute Gasteiger partial charge is 0.497 e. The Bertz CT molecular complexity index is 882. The summed E-state index contributed by atoms with van der Waals surface area (Å²) >= 11 is 0. The summed E-state index contributed by atoms with van der Waals surface area (Å²) < 4.78 is 20.7. The van der Waals surface area contributed by atoms with Crippen LogP contribution in [0.4, 0.5) is 4.39 Å².